The van der Waals surface area contributed by atoms with E-state index in [1.54, 1.807) is 0 Å². The van der Waals surface area contributed by atoms with Crippen LogP contribution >= 0.6 is 0 Å². The lowest BCUT2D eigenvalue weighted by molar-refractivity contribution is -0.104. The summed E-state index contributed by atoms with van der Waals surface area (Å²) in [5, 5.41) is 2.38. The summed E-state index contributed by atoms with van der Waals surface area (Å²) >= 11 is 0. The lowest BCUT2D eigenvalue weighted by Gasteiger charge is -2.55. The molecule has 0 radical (unpaired) electrons. The summed E-state index contributed by atoms with van der Waals surface area (Å²) < 4.78 is 36.0. The molecule has 0 heterocycles. The van der Waals surface area contributed by atoms with Crippen molar-refractivity contribution >= 4 is 36.6 Å². The topological polar surface area (TPSA) is 43.4 Å². The number of aryl methyl sites for hydroxylation is 1. The van der Waals surface area contributed by atoms with Crippen molar-refractivity contribution in [2.45, 2.75) is 134 Å². The normalized spacial score (nSPS) is 28.6. The minimum absolute atomic E-state index is 0.448. The molecule has 4 fully saturated rings. The Balaban J connectivity index is 1.93. The monoisotopic (exact) mass is 534 g/mol. The molecule has 1 aromatic rings. The van der Waals surface area contributed by atoms with Crippen molar-refractivity contribution in [1.29, 1.82) is 0 Å². The van der Waals surface area contributed by atoms with Gasteiger partial charge in [-0.1, -0.05) is 95.5 Å². The van der Waals surface area contributed by atoms with E-state index in [-0.39, 0.29) is 0 Å². The average molecular weight is 535 g/mol. The van der Waals surface area contributed by atoms with Gasteiger partial charge in [-0.3, -0.25) is 4.18 Å². The zero-order valence-electron chi connectivity index (χ0n) is 23.5. The average Bonchev–Trinajstić information content (AvgIpc) is 2.80. The minimum atomic E-state index is -3.86. The summed E-state index contributed by atoms with van der Waals surface area (Å²) in [6, 6.07) is 11.0. The van der Waals surface area contributed by atoms with Crippen LogP contribution < -0.4 is 10.4 Å². The zero-order chi connectivity index (χ0) is 25.6. The Morgan fingerprint density at radius 2 is 1.09 bits per heavy atom. The van der Waals surface area contributed by atoms with E-state index < -0.39 is 31.9 Å². The molecule has 4 bridgehead atoms. The molecule has 4 aliphatic rings. The number of benzene rings is 1. The number of rotatable bonds is 11. The molecule has 198 valence electrons. The van der Waals surface area contributed by atoms with Crippen LogP contribution in [0.15, 0.2) is 17.0 Å². The van der Waals surface area contributed by atoms with E-state index in [1.165, 1.54) is 35.2 Å². The van der Waals surface area contributed by atoms with Crippen molar-refractivity contribution in [1.82, 2.24) is 0 Å². The van der Waals surface area contributed by atoms with Crippen molar-refractivity contribution in [2.75, 3.05) is 0 Å². The van der Waals surface area contributed by atoms with E-state index in [4.69, 9.17) is 4.18 Å². The molecule has 0 saturated heterocycles. The fourth-order valence-electron chi connectivity index (χ4n) is 8.88. The SMILES string of the molecule is CC[Si](CC)(CC)c1cc(C)cc([Si](CC)(CC)CC)c1S(=O)(=O)OC12CC3CC(CC(C3)C1)C2. The second kappa shape index (κ2) is 10.0. The van der Waals surface area contributed by atoms with E-state index in [0.29, 0.717) is 22.6 Å². The summed E-state index contributed by atoms with van der Waals surface area (Å²) in [5.41, 5.74) is 0.791. The van der Waals surface area contributed by atoms with Crippen LogP contribution in [-0.4, -0.2) is 30.2 Å². The predicted molar refractivity (Wildman–Crippen MR) is 154 cm³/mol. The molecule has 0 spiro atoms. The number of hydrogen-bond donors (Lipinski definition) is 0. The van der Waals surface area contributed by atoms with Crippen molar-refractivity contribution in [3.63, 3.8) is 0 Å². The molecular formula is C29H50O3SSi2. The first-order valence-electron chi connectivity index (χ1n) is 14.7. The van der Waals surface area contributed by atoms with Gasteiger partial charge in [0.15, 0.2) is 0 Å². The third-order valence-corrected chi connectivity index (χ3v) is 24.0. The lowest BCUT2D eigenvalue weighted by Crippen LogP contribution is -2.58. The fourth-order valence-corrected chi connectivity index (χ4v) is 20.1. The van der Waals surface area contributed by atoms with Crippen LogP contribution in [0.3, 0.4) is 0 Å². The predicted octanol–water partition coefficient (Wildman–Crippen LogP) is 7.10. The summed E-state index contributed by atoms with van der Waals surface area (Å²) in [4.78, 5) is 0.660. The summed E-state index contributed by atoms with van der Waals surface area (Å²) in [6.45, 7) is 15.9. The third kappa shape index (κ3) is 4.68. The van der Waals surface area contributed by atoms with Gasteiger partial charge in [-0.25, -0.2) is 0 Å². The van der Waals surface area contributed by atoms with Gasteiger partial charge >= 0.3 is 0 Å². The Morgan fingerprint density at radius 3 is 1.40 bits per heavy atom. The van der Waals surface area contributed by atoms with E-state index in [0.717, 1.165) is 55.5 Å². The molecule has 6 heteroatoms. The van der Waals surface area contributed by atoms with Crippen LogP contribution in [-0.2, 0) is 14.3 Å². The molecule has 5 rings (SSSR count). The number of hydrogen-bond acceptors (Lipinski definition) is 3. The van der Waals surface area contributed by atoms with E-state index in [9.17, 15) is 8.42 Å². The van der Waals surface area contributed by atoms with Gasteiger partial charge in [0.2, 0.25) is 0 Å². The van der Waals surface area contributed by atoms with E-state index >= 15 is 0 Å². The first-order valence-corrected chi connectivity index (χ1v) is 21.3. The Hall–Kier alpha value is -0.436. The Labute approximate surface area is 218 Å². The molecule has 35 heavy (non-hydrogen) atoms. The molecule has 0 aliphatic heterocycles. The van der Waals surface area contributed by atoms with Crippen molar-refractivity contribution in [3.8, 4) is 0 Å². The van der Waals surface area contributed by atoms with Crippen molar-refractivity contribution in [2.24, 2.45) is 17.8 Å². The Bertz CT molecular complexity index is 932. The fraction of sp³-hybridized carbons (Fsp3) is 0.793. The van der Waals surface area contributed by atoms with E-state index in [1.807, 2.05) is 0 Å². The molecule has 0 aromatic heterocycles. The lowest BCUT2D eigenvalue weighted by atomic mass is 9.54. The zero-order valence-corrected chi connectivity index (χ0v) is 26.3. The van der Waals surface area contributed by atoms with Gasteiger partial charge < -0.3 is 0 Å². The second-order valence-electron chi connectivity index (χ2n) is 12.5. The van der Waals surface area contributed by atoms with Crippen molar-refractivity contribution < 1.29 is 12.6 Å². The Morgan fingerprint density at radius 1 is 0.743 bits per heavy atom. The maximum Gasteiger partial charge on any atom is 0.297 e. The van der Waals surface area contributed by atoms with Gasteiger partial charge in [0, 0.05) is 0 Å². The van der Waals surface area contributed by atoms with Crippen LogP contribution in [0.25, 0.3) is 0 Å². The summed E-state index contributed by atoms with van der Waals surface area (Å²) in [6.07, 6.45) is 6.72. The molecule has 0 N–H and O–H groups in total. The minimum Gasteiger partial charge on any atom is -0.260 e. The van der Waals surface area contributed by atoms with Gasteiger partial charge in [-0.15, -0.1) is 0 Å². The highest BCUT2D eigenvalue weighted by Crippen LogP contribution is 2.57. The third-order valence-electron chi connectivity index (χ3n) is 11.0. The summed E-state index contributed by atoms with van der Waals surface area (Å²) in [7, 11) is -7.80. The second-order valence-corrected chi connectivity index (χ2v) is 24.4. The molecule has 4 aliphatic carbocycles. The van der Waals surface area contributed by atoms with Crippen LogP contribution in [0.2, 0.25) is 36.3 Å². The molecule has 3 nitrogen and oxygen atoms in total. The first-order chi connectivity index (χ1) is 16.5. The summed E-state index contributed by atoms with van der Waals surface area (Å²) in [5.74, 6) is 2.00. The molecule has 0 atom stereocenters. The molecule has 0 amide bonds. The van der Waals surface area contributed by atoms with Gasteiger partial charge in [0.05, 0.1) is 26.6 Å². The standard InChI is InChI=1S/C29H50O3SSi2/c1-8-34(9-2,10-3)26-14-22(7)15-27(35(11-4,12-5)13-6)28(26)33(30,31)32-29-19-23-16-24(20-29)18-25(17-23)21-29/h14-15,23-25H,8-13,16-21H2,1-7H3. The van der Waals surface area contributed by atoms with Gasteiger partial charge in [-0.2, -0.15) is 8.42 Å². The van der Waals surface area contributed by atoms with E-state index in [2.05, 4.69) is 60.6 Å². The Kier molecular flexibility index (Phi) is 7.91. The smallest absolute Gasteiger partial charge is 0.260 e. The van der Waals surface area contributed by atoms with Gasteiger partial charge in [0.1, 0.15) is 0 Å². The van der Waals surface area contributed by atoms with Crippen LogP contribution in [0.5, 0.6) is 0 Å². The first kappa shape index (κ1) is 27.6. The maximum absolute atomic E-state index is 14.7. The molecule has 1 aromatic carbocycles. The maximum atomic E-state index is 14.7. The van der Waals surface area contributed by atoms with Crippen molar-refractivity contribution in [3.05, 3.63) is 17.7 Å². The molecule has 4 saturated carbocycles. The van der Waals surface area contributed by atoms with Crippen LogP contribution in [0, 0.1) is 24.7 Å². The molecular weight excluding hydrogens is 485 g/mol. The highest BCUT2D eigenvalue weighted by atomic mass is 32.2. The highest BCUT2D eigenvalue weighted by molar-refractivity contribution is 7.87. The van der Waals surface area contributed by atoms with Crippen LogP contribution in [0.1, 0.15) is 85.6 Å². The quantitative estimate of drug-likeness (QED) is 0.225. The van der Waals surface area contributed by atoms with Crippen LogP contribution in [0.4, 0.5) is 0 Å². The van der Waals surface area contributed by atoms with Gasteiger partial charge in [0.25, 0.3) is 10.1 Å². The largest absolute Gasteiger partial charge is 0.297 e. The van der Waals surface area contributed by atoms with Gasteiger partial charge in [-0.05, 0) is 73.6 Å². The highest BCUT2D eigenvalue weighted by Gasteiger charge is 2.54. The molecule has 0 unspecified atom stereocenters.